The van der Waals surface area contributed by atoms with Gasteiger partial charge in [-0.2, -0.15) is 0 Å². The number of guanidine groups is 1. The van der Waals surface area contributed by atoms with Crippen LogP contribution in [-0.2, 0) is 12.0 Å². The Morgan fingerprint density at radius 2 is 2.07 bits per heavy atom. The third kappa shape index (κ3) is 5.40. The highest BCUT2D eigenvalue weighted by Crippen LogP contribution is 2.41. The number of aromatic nitrogens is 3. The average Bonchev–Trinajstić information content (AvgIpc) is 3.50. The van der Waals surface area contributed by atoms with Gasteiger partial charge in [0.05, 0.1) is 0 Å². The second-order valence-corrected chi connectivity index (χ2v) is 8.54. The number of hydrogen-bond donors (Lipinski definition) is 2. The fraction of sp³-hybridized carbons (Fsp3) is 0.409. The lowest BCUT2D eigenvalue weighted by Crippen LogP contribution is -2.46. The minimum absolute atomic E-state index is 0. The normalized spacial score (nSPS) is 16.0. The molecule has 0 amide bonds. The highest BCUT2D eigenvalue weighted by atomic mass is 127. The van der Waals surface area contributed by atoms with Gasteiger partial charge in [-0.25, -0.2) is 9.97 Å². The minimum atomic E-state index is 0. The molecule has 1 saturated carbocycles. The molecule has 0 unspecified atom stereocenters. The molecular formula is C22H29IN6S. The summed E-state index contributed by atoms with van der Waals surface area (Å²) in [6.45, 7) is 1.61. The summed E-state index contributed by atoms with van der Waals surface area (Å²) in [6.07, 6.45) is 13.7. The Balaban J connectivity index is 0.00000256. The molecule has 2 N–H and O–H groups in total. The van der Waals surface area contributed by atoms with E-state index in [0.29, 0.717) is 6.54 Å². The maximum Gasteiger partial charge on any atom is 0.191 e. The smallest absolute Gasteiger partial charge is 0.191 e. The molecule has 6 nitrogen and oxygen atoms in total. The van der Waals surface area contributed by atoms with E-state index in [1.807, 2.05) is 41.4 Å². The lowest BCUT2D eigenvalue weighted by atomic mass is 9.73. The fourth-order valence-corrected chi connectivity index (χ4v) is 5.03. The molecule has 1 fully saturated rings. The molecule has 0 aliphatic heterocycles. The molecule has 3 aromatic rings. The van der Waals surface area contributed by atoms with E-state index >= 15 is 0 Å². The first-order valence-corrected chi connectivity index (χ1v) is 11.1. The number of hydrogen-bond acceptors (Lipinski definition) is 4. The number of thiophene rings is 1. The van der Waals surface area contributed by atoms with Crippen molar-refractivity contribution < 1.29 is 0 Å². The van der Waals surface area contributed by atoms with Crippen molar-refractivity contribution in [2.24, 2.45) is 4.99 Å². The van der Waals surface area contributed by atoms with Crippen molar-refractivity contribution in [3.63, 3.8) is 0 Å². The van der Waals surface area contributed by atoms with Crippen molar-refractivity contribution in [2.75, 3.05) is 13.6 Å². The van der Waals surface area contributed by atoms with Gasteiger partial charge in [0.1, 0.15) is 12.1 Å². The molecule has 3 heterocycles. The van der Waals surface area contributed by atoms with Crippen LogP contribution in [0.1, 0.15) is 42.5 Å². The summed E-state index contributed by atoms with van der Waals surface area (Å²) in [7, 11) is 1.83. The number of nitrogens with zero attached hydrogens (tertiary/aromatic N) is 4. The Morgan fingerprint density at radius 3 is 2.70 bits per heavy atom. The Hall–Kier alpha value is -1.94. The number of halogens is 1. The molecule has 0 spiro atoms. The molecule has 0 radical (unpaired) electrons. The van der Waals surface area contributed by atoms with Crippen LogP contribution in [0.4, 0.5) is 0 Å². The van der Waals surface area contributed by atoms with Gasteiger partial charge in [0.25, 0.3) is 0 Å². The molecule has 3 aromatic heterocycles. The van der Waals surface area contributed by atoms with E-state index < -0.39 is 0 Å². The SMILES string of the molecule is CN=C(NCc1ccc(-n2ccnc2)nc1)NCC1(c2cccs2)CCCCC1.I. The molecule has 0 aromatic carbocycles. The van der Waals surface area contributed by atoms with Gasteiger partial charge < -0.3 is 10.6 Å². The predicted octanol–water partition coefficient (Wildman–Crippen LogP) is 4.51. The molecule has 4 rings (SSSR count). The van der Waals surface area contributed by atoms with Crippen molar-refractivity contribution in [3.05, 3.63) is 65.0 Å². The van der Waals surface area contributed by atoms with Crippen LogP contribution in [0.3, 0.4) is 0 Å². The van der Waals surface area contributed by atoms with E-state index in [4.69, 9.17) is 0 Å². The van der Waals surface area contributed by atoms with Gasteiger partial charge in [-0.05, 0) is 35.9 Å². The average molecular weight is 536 g/mol. The number of rotatable bonds is 6. The zero-order chi connectivity index (χ0) is 19.9. The quantitative estimate of drug-likeness (QED) is 0.277. The standard InChI is InChI=1S/C22H28N6S.HI/c1-23-21(26-15-18-7-8-20(25-14-18)28-12-11-24-17-28)27-16-22(9-3-2-4-10-22)19-6-5-13-29-19;/h5-8,11-14,17H,2-4,9-10,15-16H2,1H3,(H2,23,26,27);1H. The first-order chi connectivity index (χ1) is 14.3. The van der Waals surface area contributed by atoms with Gasteiger partial charge in [0.2, 0.25) is 0 Å². The van der Waals surface area contributed by atoms with Crippen molar-refractivity contribution >= 4 is 41.3 Å². The van der Waals surface area contributed by atoms with Crippen molar-refractivity contribution in [1.82, 2.24) is 25.2 Å². The van der Waals surface area contributed by atoms with Gasteiger partial charge in [0, 0.05) is 49.0 Å². The zero-order valence-corrected chi connectivity index (χ0v) is 20.4. The predicted molar refractivity (Wildman–Crippen MR) is 134 cm³/mol. The van der Waals surface area contributed by atoms with Crippen LogP contribution in [0.15, 0.2) is 59.6 Å². The molecule has 0 atom stereocenters. The van der Waals surface area contributed by atoms with E-state index in [-0.39, 0.29) is 29.4 Å². The molecular weight excluding hydrogens is 507 g/mol. The molecule has 1 aliphatic carbocycles. The Labute approximate surface area is 199 Å². The molecule has 30 heavy (non-hydrogen) atoms. The zero-order valence-electron chi connectivity index (χ0n) is 17.3. The fourth-order valence-electron chi connectivity index (χ4n) is 4.05. The van der Waals surface area contributed by atoms with Crippen LogP contribution in [0.25, 0.3) is 5.82 Å². The van der Waals surface area contributed by atoms with E-state index in [0.717, 1.165) is 23.9 Å². The molecule has 0 bridgehead atoms. The van der Waals surface area contributed by atoms with E-state index in [9.17, 15) is 0 Å². The summed E-state index contributed by atoms with van der Waals surface area (Å²) < 4.78 is 1.89. The summed E-state index contributed by atoms with van der Waals surface area (Å²) in [5.74, 6) is 1.70. The number of nitrogens with one attached hydrogen (secondary N) is 2. The molecule has 160 valence electrons. The van der Waals surface area contributed by atoms with Crippen LogP contribution >= 0.6 is 35.3 Å². The number of pyridine rings is 1. The third-order valence-electron chi connectivity index (χ3n) is 5.71. The second-order valence-electron chi connectivity index (χ2n) is 7.59. The van der Waals surface area contributed by atoms with Gasteiger partial charge in [-0.15, -0.1) is 35.3 Å². The third-order valence-corrected chi connectivity index (χ3v) is 6.83. The Morgan fingerprint density at radius 1 is 1.20 bits per heavy atom. The van der Waals surface area contributed by atoms with Crippen LogP contribution in [0, 0.1) is 0 Å². The summed E-state index contributed by atoms with van der Waals surface area (Å²) in [5.41, 5.74) is 1.35. The van der Waals surface area contributed by atoms with Gasteiger partial charge in [0.15, 0.2) is 5.96 Å². The van der Waals surface area contributed by atoms with Gasteiger partial charge in [-0.1, -0.05) is 31.4 Å². The lowest BCUT2D eigenvalue weighted by Gasteiger charge is -2.37. The van der Waals surface area contributed by atoms with Crippen LogP contribution < -0.4 is 10.6 Å². The lowest BCUT2D eigenvalue weighted by molar-refractivity contribution is 0.296. The minimum Gasteiger partial charge on any atom is -0.355 e. The van der Waals surface area contributed by atoms with E-state index in [1.54, 1.807) is 12.5 Å². The largest absolute Gasteiger partial charge is 0.355 e. The van der Waals surface area contributed by atoms with Gasteiger partial charge in [-0.3, -0.25) is 9.56 Å². The Kier molecular flexibility index (Phi) is 8.26. The first kappa shape index (κ1) is 22.7. The van der Waals surface area contributed by atoms with Crippen LogP contribution in [0.2, 0.25) is 0 Å². The highest BCUT2D eigenvalue weighted by molar-refractivity contribution is 14.0. The summed E-state index contributed by atoms with van der Waals surface area (Å²) in [5, 5.41) is 9.20. The van der Waals surface area contributed by atoms with E-state index in [2.05, 4.69) is 49.2 Å². The van der Waals surface area contributed by atoms with Crippen LogP contribution in [-0.4, -0.2) is 34.1 Å². The van der Waals surface area contributed by atoms with E-state index in [1.165, 1.54) is 37.0 Å². The maximum absolute atomic E-state index is 4.51. The Bertz CT molecular complexity index is 900. The van der Waals surface area contributed by atoms with Gasteiger partial charge >= 0.3 is 0 Å². The van der Waals surface area contributed by atoms with Crippen molar-refractivity contribution in [3.8, 4) is 5.82 Å². The topological polar surface area (TPSA) is 67.1 Å². The highest BCUT2D eigenvalue weighted by Gasteiger charge is 2.34. The summed E-state index contributed by atoms with van der Waals surface area (Å²) >= 11 is 1.88. The molecule has 8 heteroatoms. The first-order valence-electron chi connectivity index (χ1n) is 10.2. The van der Waals surface area contributed by atoms with Crippen molar-refractivity contribution in [2.45, 2.75) is 44.1 Å². The second kappa shape index (κ2) is 10.9. The number of imidazole rings is 1. The summed E-state index contributed by atoms with van der Waals surface area (Å²) in [6, 6.07) is 8.55. The molecule has 0 saturated heterocycles. The summed E-state index contributed by atoms with van der Waals surface area (Å²) in [4.78, 5) is 14.5. The molecule has 1 aliphatic rings. The monoisotopic (exact) mass is 536 g/mol. The van der Waals surface area contributed by atoms with Crippen molar-refractivity contribution in [1.29, 1.82) is 0 Å². The number of aliphatic imine (C=N–C) groups is 1. The van der Waals surface area contributed by atoms with Crippen LogP contribution in [0.5, 0.6) is 0 Å². The maximum atomic E-state index is 4.51.